The first-order valence-electron chi connectivity index (χ1n) is 9.42. The van der Waals surface area contributed by atoms with Gasteiger partial charge >= 0.3 is 0 Å². The molecule has 0 saturated heterocycles. The van der Waals surface area contributed by atoms with E-state index >= 15 is 0 Å². The lowest BCUT2D eigenvalue weighted by molar-refractivity contribution is -0.120. The summed E-state index contributed by atoms with van der Waals surface area (Å²) in [5.74, 6) is -1.82. The molecule has 33 heavy (non-hydrogen) atoms. The second kappa shape index (κ2) is 9.45. The lowest BCUT2D eigenvalue weighted by atomic mass is 10.1. The van der Waals surface area contributed by atoms with Crippen LogP contribution in [0.2, 0.25) is 15.1 Å². The number of benzene rings is 3. The first kappa shape index (κ1) is 23.1. The SMILES string of the molecule is O=C(Nc1ccc(Cl)cc1)c1cccc(NC2=C(Cl)C(=O)N(c3cc(Cl)ccc3Cl)C2=O)c1. The number of carbonyl (C=O) groups excluding carboxylic acids is 3. The molecule has 0 aliphatic carbocycles. The number of anilines is 3. The third kappa shape index (κ3) is 4.84. The Morgan fingerprint density at radius 3 is 2.18 bits per heavy atom. The molecule has 10 heteroatoms. The second-order valence-electron chi connectivity index (χ2n) is 6.90. The summed E-state index contributed by atoms with van der Waals surface area (Å²) in [5, 5.41) is 6.28. The minimum atomic E-state index is -0.745. The highest BCUT2D eigenvalue weighted by Gasteiger charge is 2.40. The van der Waals surface area contributed by atoms with Gasteiger partial charge in [0.25, 0.3) is 17.7 Å². The number of halogens is 4. The van der Waals surface area contributed by atoms with Crippen LogP contribution in [0.25, 0.3) is 0 Å². The third-order valence-electron chi connectivity index (χ3n) is 4.67. The van der Waals surface area contributed by atoms with Gasteiger partial charge in [0.05, 0.1) is 10.7 Å². The van der Waals surface area contributed by atoms with E-state index in [1.54, 1.807) is 42.5 Å². The fourth-order valence-corrected chi connectivity index (χ4v) is 3.81. The van der Waals surface area contributed by atoms with Crippen LogP contribution in [0.4, 0.5) is 17.1 Å². The summed E-state index contributed by atoms with van der Waals surface area (Å²) >= 11 is 24.2. The molecule has 0 spiro atoms. The van der Waals surface area contributed by atoms with E-state index in [0.717, 1.165) is 4.90 Å². The molecule has 0 radical (unpaired) electrons. The molecule has 0 fully saturated rings. The Balaban J connectivity index is 1.56. The molecule has 6 nitrogen and oxygen atoms in total. The third-order valence-corrected chi connectivity index (χ3v) is 5.83. The quantitative estimate of drug-likeness (QED) is 0.385. The van der Waals surface area contributed by atoms with E-state index < -0.39 is 11.8 Å². The molecule has 0 aromatic heterocycles. The number of nitrogens with zero attached hydrogens (tertiary/aromatic N) is 1. The number of amides is 3. The molecule has 166 valence electrons. The average Bonchev–Trinajstić information content (AvgIpc) is 3.00. The van der Waals surface area contributed by atoms with Crippen LogP contribution in [0.15, 0.2) is 77.5 Å². The molecule has 0 atom stereocenters. The van der Waals surface area contributed by atoms with Crippen LogP contribution >= 0.6 is 46.4 Å². The maximum absolute atomic E-state index is 13.0. The number of rotatable bonds is 5. The fraction of sp³-hybridized carbons (Fsp3) is 0. The largest absolute Gasteiger partial charge is 0.350 e. The van der Waals surface area contributed by atoms with Crippen LogP contribution in [0.1, 0.15) is 10.4 Å². The Morgan fingerprint density at radius 1 is 0.758 bits per heavy atom. The lowest BCUT2D eigenvalue weighted by Gasteiger charge is -2.17. The van der Waals surface area contributed by atoms with Gasteiger partial charge in [0.15, 0.2) is 0 Å². The van der Waals surface area contributed by atoms with Crippen molar-refractivity contribution in [3.8, 4) is 0 Å². The van der Waals surface area contributed by atoms with E-state index in [-0.39, 0.29) is 27.3 Å². The molecule has 1 aliphatic heterocycles. The van der Waals surface area contributed by atoms with Crippen LogP contribution in [0, 0.1) is 0 Å². The van der Waals surface area contributed by atoms with Gasteiger partial charge < -0.3 is 10.6 Å². The maximum Gasteiger partial charge on any atom is 0.283 e. The van der Waals surface area contributed by atoms with E-state index in [4.69, 9.17) is 46.4 Å². The van der Waals surface area contributed by atoms with E-state index in [1.807, 2.05) is 0 Å². The number of imide groups is 1. The number of carbonyl (C=O) groups is 3. The standard InChI is InChI=1S/C23H13Cl4N3O3/c24-13-4-7-15(8-5-13)29-21(31)12-2-1-3-16(10-12)28-20-19(27)22(32)30(23(20)33)18-11-14(25)6-9-17(18)26/h1-11,28H,(H,29,31). The monoisotopic (exact) mass is 519 g/mol. The van der Waals surface area contributed by atoms with E-state index in [9.17, 15) is 14.4 Å². The van der Waals surface area contributed by atoms with Crippen molar-refractivity contribution in [1.29, 1.82) is 0 Å². The van der Waals surface area contributed by atoms with Crippen molar-refractivity contribution in [3.63, 3.8) is 0 Å². The fourth-order valence-electron chi connectivity index (χ4n) is 3.11. The molecule has 3 aromatic rings. The lowest BCUT2D eigenvalue weighted by Crippen LogP contribution is -2.32. The zero-order chi connectivity index (χ0) is 23.7. The van der Waals surface area contributed by atoms with Gasteiger partial charge in [-0.05, 0) is 60.7 Å². The van der Waals surface area contributed by atoms with Crippen LogP contribution in [-0.4, -0.2) is 17.7 Å². The number of nitrogens with one attached hydrogen (secondary N) is 2. The normalized spacial score (nSPS) is 13.5. The van der Waals surface area contributed by atoms with Crippen molar-refractivity contribution < 1.29 is 14.4 Å². The van der Waals surface area contributed by atoms with E-state index in [1.165, 1.54) is 24.3 Å². The molecule has 1 heterocycles. The molecule has 0 saturated carbocycles. The topological polar surface area (TPSA) is 78.5 Å². The van der Waals surface area contributed by atoms with Gasteiger partial charge in [-0.3, -0.25) is 14.4 Å². The Hall–Kier alpha value is -3.03. The molecule has 3 amide bonds. The zero-order valence-corrected chi connectivity index (χ0v) is 19.6. The molecule has 4 rings (SSSR count). The smallest absolute Gasteiger partial charge is 0.283 e. The van der Waals surface area contributed by atoms with Gasteiger partial charge in [-0.15, -0.1) is 0 Å². The Labute approximate surface area is 208 Å². The number of hydrogen-bond acceptors (Lipinski definition) is 4. The molecule has 3 aromatic carbocycles. The van der Waals surface area contributed by atoms with Gasteiger partial charge in [-0.1, -0.05) is 52.5 Å². The molecule has 1 aliphatic rings. The van der Waals surface area contributed by atoms with Crippen molar-refractivity contribution in [1.82, 2.24) is 0 Å². The van der Waals surface area contributed by atoms with E-state index in [0.29, 0.717) is 27.0 Å². The summed E-state index contributed by atoms with van der Waals surface area (Å²) < 4.78 is 0. The van der Waals surface area contributed by atoms with Gasteiger partial charge in [-0.2, -0.15) is 0 Å². The van der Waals surface area contributed by atoms with Crippen molar-refractivity contribution in [3.05, 3.63) is 98.1 Å². The summed E-state index contributed by atoms with van der Waals surface area (Å²) in [4.78, 5) is 39.1. The summed E-state index contributed by atoms with van der Waals surface area (Å²) in [7, 11) is 0. The van der Waals surface area contributed by atoms with Crippen LogP contribution in [-0.2, 0) is 9.59 Å². The highest BCUT2D eigenvalue weighted by Crippen LogP contribution is 2.35. The molecular formula is C23H13Cl4N3O3. The zero-order valence-electron chi connectivity index (χ0n) is 16.5. The predicted octanol–water partition coefficient (Wildman–Crippen LogP) is 6.33. The second-order valence-corrected chi connectivity index (χ2v) is 8.56. The van der Waals surface area contributed by atoms with Gasteiger partial charge in [0, 0.05) is 27.0 Å². The maximum atomic E-state index is 13.0. The molecule has 0 bridgehead atoms. The van der Waals surface area contributed by atoms with Crippen molar-refractivity contribution in [2.24, 2.45) is 0 Å². The average molecular weight is 521 g/mol. The Kier molecular flexibility index (Phi) is 6.63. The highest BCUT2D eigenvalue weighted by molar-refractivity contribution is 6.54. The first-order valence-corrected chi connectivity index (χ1v) is 10.9. The summed E-state index contributed by atoms with van der Waals surface area (Å²) in [5.41, 5.74) is 1.24. The summed E-state index contributed by atoms with van der Waals surface area (Å²) in [6, 6.07) is 17.4. The highest BCUT2D eigenvalue weighted by atomic mass is 35.5. The van der Waals surface area contributed by atoms with E-state index in [2.05, 4.69) is 10.6 Å². The molecule has 2 N–H and O–H groups in total. The summed E-state index contributed by atoms with van der Waals surface area (Å²) in [6.07, 6.45) is 0. The van der Waals surface area contributed by atoms with Crippen molar-refractivity contribution in [2.75, 3.05) is 15.5 Å². The van der Waals surface area contributed by atoms with Crippen LogP contribution in [0.5, 0.6) is 0 Å². The van der Waals surface area contributed by atoms with Crippen LogP contribution in [0.3, 0.4) is 0 Å². The minimum Gasteiger partial charge on any atom is -0.350 e. The van der Waals surface area contributed by atoms with Crippen molar-refractivity contribution >= 4 is 81.2 Å². The Bertz CT molecular complexity index is 1320. The Morgan fingerprint density at radius 2 is 1.45 bits per heavy atom. The molecule has 0 unspecified atom stereocenters. The van der Waals surface area contributed by atoms with Crippen molar-refractivity contribution in [2.45, 2.75) is 0 Å². The number of hydrogen-bond donors (Lipinski definition) is 2. The summed E-state index contributed by atoms with van der Waals surface area (Å²) in [6.45, 7) is 0. The first-order chi connectivity index (χ1) is 15.7. The van der Waals surface area contributed by atoms with Crippen LogP contribution < -0.4 is 15.5 Å². The van der Waals surface area contributed by atoms with Gasteiger partial charge in [0.1, 0.15) is 10.7 Å². The van der Waals surface area contributed by atoms with Gasteiger partial charge in [-0.25, -0.2) is 4.90 Å². The predicted molar refractivity (Wildman–Crippen MR) is 131 cm³/mol. The van der Waals surface area contributed by atoms with Gasteiger partial charge in [0.2, 0.25) is 0 Å². The molecular weight excluding hydrogens is 508 g/mol. The minimum absolute atomic E-state index is 0.116.